The Kier molecular flexibility index (Phi) is 8.08. The van der Waals surface area contributed by atoms with E-state index in [0.29, 0.717) is 39.3 Å². The minimum atomic E-state index is -0.985. The van der Waals surface area contributed by atoms with Crippen LogP contribution in [0.4, 0.5) is 5.13 Å². The molecule has 1 aliphatic heterocycles. The number of fused-ring (bicyclic) bond motifs is 1. The molecule has 1 unspecified atom stereocenters. The van der Waals surface area contributed by atoms with Gasteiger partial charge in [-0.05, 0) is 53.1 Å². The van der Waals surface area contributed by atoms with Gasteiger partial charge in [0.15, 0.2) is 15.8 Å². The fraction of sp³-hybridized carbons (Fsp3) is 0.156. The molecule has 3 heterocycles. The SMILES string of the molecule is CCOc1ccc(C2C(=C(O)c3ccncc3)C(=O)C(=O)N2c2nnc(SCc3cccc4ccccc34)s2)cc1OC. The Bertz CT molecular complexity index is 1850. The first-order valence-corrected chi connectivity index (χ1v) is 15.3. The molecule has 6 rings (SSSR count). The predicted octanol–water partition coefficient (Wildman–Crippen LogP) is 6.41. The Morgan fingerprint density at radius 3 is 2.58 bits per heavy atom. The summed E-state index contributed by atoms with van der Waals surface area (Å²) in [5, 5.41) is 22.5. The zero-order valence-corrected chi connectivity index (χ0v) is 24.9. The molecule has 0 aliphatic carbocycles. The normalized spacial score (nSPS) is 16.1. The molecule has 0 bridgehead atoms. The molecular formula is C32H26N4O5S2. The second-order valence-corrected chi connectivity index (χ2v) is 11.7. The molecule has 11 heteroatoms. The van der Waals surface area contributed by atoms with Crippen LogP contribution in [0.3, 0.4) is 0 Å². The molecule has 1 N–H and O–H groups in total. The number of rotatable bonds is 9. The standard InChI is InChI=1S/C32H26N4O5S2/c1-3-41-24-12-11-21(17-25(24)40-2)27-26(28(37)20-13-15-33-16-14-20)29(38)30(39)36(27)31-34-35-32(43-31)42-18-22-9-6-8-19-7-4-5-10-23(19)22/h4-17,27,37H,3,18H2,1-2H3. The van der Waals surface area contributed by atoms with E-state index in [0.717, 1.165) is 16.3 Å². The number of carbonyl (C=O) groups is 2. The van der Waals surface area contributed by atoms with E-state index in [4.69, 9.17) is 9.47 Å². The van der Waals surface area contributed by atoms with Gasteiger partial charge in [-0.15, -0.1) is 10.2 Å². The molecule has 5 aromatic rings. The third kappa shape index (κ3) is 5.44. The van der Waals surface area contributed by atoms with Crippen LogP contribution in [0.1, 0.15) is 29.7 Å². The van der Waals surface area contributed by atoms with Gasteiger partial charge in [-0.2, -0.15) is 0 Å². The van der Waals surface area contributed by atoms with Crippen LogP contribution in [0.15, 0.2) is 95.1 Å². The molecule has 1 saturated heterocycles. The molecule has 1 aliphatic rings. The Labute approximate surface area is 255 Å². The largest absolute Gasteiger partial charge is 0.507 e. The smallest absolute Gasteiger partial charge is 0.301 e. The minimum Gasteiger partial charge on any atom is -0.507 e. The lowest BCUT2D eigenvalue weighted by atomic mass is 9.95. The van der Waals surface area contributed by atoms with E-state index in [9.17, 15) is 14.7 Å². The van der Waals surface area contributed by atoms with E-state index in [1.165, 1.54) is 47.5 Å². The molecule has 1 fully saturated rings. The molecule has 0 saturated carbocycles. The van der Waals surface area contributed by atoms with Gasteiger partial charge >= 0.3 is 5.91 Å². The predicted molar refractivity (Wildman–Crippen MR) is 167 cm³/mol. The quantitative estimate of drug-likeness (QED) is 0.0664. The summed E-state index contributed by atoms with van der Waals surface area (Å²) in [5.41, 5.74) is 1.98. The van der Waals surface area contributed by atoms with Crippen LogP contribution in [-0.4, -0.2) is 45.7 Å². The van der Waals surface area contributed by atoms with Crippen LogP contribution >= 0.6 is 23.1 Å². The lowest BCUT2D eigenvalue weighted by molar-refractivity contribution is -0.132. The van der Waals surface area contributed by atoms with E-state index in [2.05, 4.69) is 39.4 Å². The lowest BCUT2D eigenvalue weighted by Crippen LogP contribution is -2.29. The van der Waals surface area contributed by atoms with E-state index >= 15 is 0 Å². The van der Waals surface area contributed by atoms with Gasteiger partial charge in [0.1, 0.15) is 5.76 Å². The Morgan fingerprint density at radius 2 is 1.79 bits per heavy atom. The lowest BCUT2D eigenvalue weighted by Gasteiger charge is -2.23. The second kappa shape index (κ2) is 12.2. The van der Waals surface area contributed by atoms with Crippen molar-refractivity contribution in [2.75, 3.05) is 18.6 Å². The zero-order chi connectivity index (χ0) is 29.9. The maximum Gasteiger partial charge on any atom is 0.301 e. The summed E-state index contributed by atoms with van der Waals surface area (Å²) >= 11 is 2.71. The van der Waals surface area contributed by atoms with Crippen LogP contribution in [0, 0.1) is 0 Å². The summed E-state index contributed by atoms with van der Waals surface area (Å²) in [7, 11) is 1.51. The number of pyridine rings is 1. The second-order valence-electron chi connectivity index (χ2n) is 9.53. The average molecular weight is 611 g/mol. The van der Waals surface area contributed by atoms with Gasteiger partial charge in [-0.25, -0.2) is 0 Å². The number of aromatic nitrogens is 3. The van der Waals surface area contributed by atoms with E-state index in [-0.39, 0.29) is 16.5 Å². The van der Waals surface area contributed by atoms with Crippen LogP contribution in [0.2, 0.25) is 0 Å². The fourth-order valence-electron chi connectivity index (χ4n) is 5.06. The number of benzene rings is 3. The highest BCUT2D eigenvalue weighted by molar-refractivity contribution is 8.00. The number of anilines is 1. The number of nitrogens with zero attached hydrogens (tertiary/aromatic N) is 4. The number of carbonyl (C=O) groups excluding carboxylic acids is 2. The van der Waals surface area contributed by atoms with Crippen molar-refractivity contribution < 1.29 is 24.2 Å². The molecule has 0 spiro atoms. The number of amides is 1. The minimum absolute atomic E-state index is 0.0671. The number of hydrogen-bond donors (Lipinski definition) is 1. The number of aliphatic hydroxyl groups is 1. The van der Waals surface area contributed by atoms with Crippen molar-refractivity contribution in [3.63, 3.8) is 0 Å². The van der Waals surface area contributed by atoms with Gasteiger partial charge in [0.05, 0.1) is 25.3 Å². The van der Waals surface area contributed by atoms with E-state index < -0.39 is 17.7 Å². The van der Waals surface area contributed by atoms with E-state index in [1.807, 2.05) is 25.1 Å². The highest BCUT2D eigenvalue weighted by Gasteiger charge is 2.48. The van der Waals surface area contributed by atoms with E-state index in [1.54, 1.807) is 30.3 Å². The van der Waals surface area contributed by atoms with Crippen molar-refractivity contribution in [1.29, 1.82) is 0 Å². The molecule has 1 atom stereocenters. The zero-order valence-electron chi connectivity index (χ0n) is 23.3. The van der Waals surface area contributed by atoms with Crippen LogP contribution in [0.25, 0.3) is 16.5 Å². The van der Waals surface area contributed by atoms with Crippen molar-refractivity contribution in [1.82, 2.24) is 15.2 Å². The van der Waals surface area contributed by atoms with Crippen LogP contribution in [-0.2, 0) is 15.3 Å². The summed E-state index contributed by atoms with van der Waals surface area (Å²) < 4.78 is 11.9. The van der Waals surface area contributed by atoms with Crippen molar-refractivity contribution in [2.45, 2.75) is 23.1 Å². The monoisotopic (exact) mass is 610 g/mol. The summed E-state index contributed by atoms with van der Waals surface area (Å²) in [4.78, 5) is 32.4. The molecular weight excluding hydrogens is 585 g/mol. The number of thioether (sulfide) groups is 1. The molecule has 43 heavy (non-hydrogen) atoms. The Morgan fingerprint density at radius 1 is 1.00 bits per heavy atom. The number of hydrogen-bond acceptors (Lipinski definition) is 10. The first kappa shape index (κ1) is 28.4. The fourth-order valence-corrected chi connectivity index (χ4v) is 6.93. The number of Topliss-reactive ketones (excluding diaryl/α,β-unsaturated/α-hetero) is 1. The van der Waals surface area contributed by atoms with Gasteiger partial charge in [0.25, 0.3) is 5.78 Å². The van der Waals surface area contributed by atoms with Crippen molar-refractivity contribution in [2.24, 2.45) is 0 Å². The van der Waals surface area contributed by atoms with Gasteiger partial charge in [0.2, 0.25) is 5.13 Å². The number of ether oxygens (including phenoxy) is 2. The third-order valence-corrected chi connectivity index (χ3v) is 9.14. The van der Waals surface area contributed by atoms with Gasteiger partial charge in [0, 0.05) is 23.7 Å². The molecule has 0 radical (unpaired) electrons. The maximum atomic E-state index is 13.6. The topological polar surface area (TPSA) is 115 Å². The van der Waals surface area contributed by atoms with Crippen LogP contribution < -0.4 is 14.4 Å². The van der Waals surface area contributed by atoms with Crippen LogP contribution in [0.5, 0.6) is 11.5 Å². The number of aliphatic hydroxyl groups excluding tert-OH is 1. The van der Waals surface area contributed by atoms with Gasteiger partial charge < -0.3 is 14.6 Å². The highest BCUT2D eigenvalue weighted by Crippen LogP contribution is 2.45. The Balaban J connectivity index is 1.39. The Hall–Kier alpha value is -4.74. The number of methoxy groups -OCH3 is 1. The van der Waals surface area contributed by atoms with Gasteiger partial charge in [-0.3, -0.25) is 19.5 Å². The molecule has 9 nitrogen and oxygen atoms in total. The first-order chi connectivity index (χ1) is 21.0. The first-order valence-electron chi connectivity index (χ1n) is 13.4. The summed E-state index contributed by atoms with van der Waals surface area (Å²) in [5.74, 6) is -0.352. The molecule has 216 valence electrons. The van der Waals surface area contributed by atoms with Crippen molar-refractivity contribution in [3.8, 4) is 11.5 Å². The third-order valence-electron chi connectivity index (χ3n) is 7.03. The number of ketones is 1. The molecule has 1 amide bonds. The maximum absolute atomic E-state index is 13.6. The van der Waals surface area contributed by atoms with Gasteiger partial charge in [-0.1, -0.05) is 71.6 Å². The molecule has 2 aromatic heterocycles. The average Bonchev–Trinajstić information content (AvgIpc) is 3.62. The van der Waals surface area contributed by atoms with Crippen molar-refractivity contribution >= 4 is 56.5 Å². The highest BCUT2D eigenvalue weighted by atomic mass is 32.2. The van der Waals surface area contributed by atoms with Crippen molar-refractivity contribution in [3.05, 3.63) is 107 Å². The summed E-state index contributed by atoms with van der Waals surface area (Å²) in [6.45, 7) is 2.29. The summed E-state index contributed by atoms with van der Waals surface area (Å²) in [6.07, 6.45) is 3.01. The molecule has 3 aromatic carbocycles. The summed E-state index contributed by atoms with van der Waals surface area (Å²) in [6, 6.07) is 21.7.